The van der Waals surface area contributed by atoms with Crippen molar-refractivity contribution in [1.82, 2.24) is 4.90 Å². The average Bonchev–Trinajstić information content (AvgIpc) is 2.55. The van der Waals surface area contributed by atoms with Crippen molar-refractivity contribution in [2.75, 3.05) is 11.9 Å². The van der Waals surface area contributed by atoms with Crippen LogP contribution in [0.3, 0.4) is 0 Å². The third-order valence-electron chi connectivity index (χ3n) is 4.12. The van der Waals surface area contributed by atoms with Gasteiger partial charge >= 0.3 is 0 Å². The summed E-state index contributed by atoms with van der Waals surface area (Å²) in [6, 6.07) is 5.78. The number of imide groups is 1. The van der Waals surface area contributed by atoms with Crippen molar-refractivity contribution in [2.45, 2.75) is 51.0 Å². The van der Waals surface area contributed by atoms with Crippen LogP contribution in [0, 0.1) is 13.8 Å². The van der Waals surface area contributed by atoms with Crippen molar-refractivity contribution in [3.05, 3.63) is 29.3 Å². The number of nitrogens with zero attached hydrogens (tertiary/aromatic N) is 1. The first kappa shape index (κ1) is 18.5. The molecule has 3 amide bonds. The van der Waals surface area contributed by atoms with Crippen LogP contribution in [0.15, 0.2) is 18.2 Å². The van der Waals surface area contributed by atoms with Gasteiger partial charge in [0.15, 0.2) is 0 Å². The van der Waals surface area contributed by atoms with Crippen molar-refractivity contribution in [3.8, 4) is 0 Å². The molecule has 0 bridgehead atoms. The fourth-order valence-corrected chi connectivity index (χ4v) is 3.94. The molecule has 0 aliphatic carbocycles. The summed E-state index contributed by atoms with van der Waals surface area (Å²) < 4.78 is 0. The molecule has 6 heteroatoms. The summed E-state index contributed by atoms with van der Waals surface area (Å²) in [6.07, 6.45) is 1.31. The Balaban J connectivity index is 2.12. The van der Waals surface area contributed by atoms with Gasteiger partial charge in [-0.25, -0.2) is 0 Å². The molecule has 0 saturated carbocycles. The van der Waals surface area contributed by atoms with Gasteiger partial charge in [-0.15, -0.1) is 11.8 Å². The molecule has 5 nitrogen and oxygen atoms in total. The fraction of sp³-hybridized carbons (Fsp3) is 0.500. The normalized spacial score (nSPS) is 21.1. The Kier molecular flexibility index (Phi) is 6.04. The van der Waals surface area contributed by atoms with E-state index >= 15 is 0 Å². The smallest absolute Gasteiger partial charge is 0.244 e. The fourth-order valence-electron chi connectivity index (χ4n) is 2.67. The van der Waals surface area contributed by atoms with E-state index in [0.717, 1.165) is 16.0 Å². The molecule has 0 radical (unpaired) electrons. The lowest BCUT2D eigenvalue weighted by Crippen LogP contribution is -2.53. The molecule has 1 aliphatic heterocycles. The Morgan fingerprint density at radius 2 is 1.71 bits per heavy atom. The third kappa shape index (κ3) is 3.98. The number of anilines is 1. The maximum absolute atomic E-state index is 12.4. The second-order valence-corrected chi connectivity index (χ2v) is 7.47. The third-order valence-corrected chi connectivity index (χ3v) is 5.85. The van der Waals surface area contributed by atoms with Gasteiger partial charge in [0.05, 0.1) is 10.5 Å². The minimum absolute atomic E-state index is 0.224. The first-order valence-corrected chi connectivity index (χ1v) is 9.19. The quantitative estimate of drug-likeness (QED) is 0.831. The summed E-state index contributed by atoms with van der Waals surface area (Å²) in [6.45, 7) is 7.47. The van der Waals surface area contributed by atoms with Crippen LogP contribution in [0.25, 0.3) is 0 Å². The average molecular weight is 348 g/mol. The highest BCUT2D eigenvalue weighted by atomic mass is 32.2. The summed E-state index contributed by atoms with van der Waals surface area (Å²) in [4.78, 5) is 38.4. The first-order valence-electron chi connectivity index (χ1n) is 8.25. The lowest BCUT2D eigenvalue weighted by molar-refractivity contribution is -0.147. The van der Waals surface area contributed by atoms with E-state index in [9.17, 15) is 14.4 Å². The van der Waals surface area contributed by atoms with Crippen LogP contribution in [0.1, 0.15) is 37.8 Å². The summed E-state index contributed by atoms with van der Waals surface area (Å²) in [5.41, 5.74) is 2.69. The second kappa shape index (κ2) is 7.83. The number of hydrogen-bond acceptors (Lipinski definition) is 4. The zero-order chi connectivity index (χ0) is 17.9. The van der Waals surface area contributed by atoms with Crippen LogP contribution in [0.4, 0.5) is 5.69 Å². The minimum atomic E-state index is -0.345. The number of thioether (sulfide) groups is 1. The molecular formula is C18H24N2O3S. The number of carbonyl (C=O) groups excluding carboxylic acids is 3. The van der Waals surface area contributed by atoms with E-state index in [-0.39, 0.29) is 34.8 Å². The monoisotopic (exact) mass is 348 g/mol. The molecule has 24 heavy (non-hydrogen) atoms. The summed E-state index contributed by atoms with van der Waals surface area (Å²) in [5.74, 6) is -0.858. The van der Waals surface area contributed by atoms with Gasteiger partial charge in [0.1, 0.15) is 6.54 Å². The Morgan fingerprint density at radius 1 is 1.12 bits per heavy atom. The Hall–Kier alpha value is -1.82. The number of carbonyl (C=O) groups is 3. The molecule has 0 aromatic heterocycles. The maximum atomic E-state index is 12.4. The molecule has 1 aliphatic rings. The molecule has 1 aromatic rings. The van der Waals surface area contributed by atoms with E-state index in [1.54, 1.807) is 0 Å². The lowest BCUT2D eigenvalue weighted by Gasteiger charge is -2.34. The van der Waals surface area contributed by atoms with Crippen LogP contribution in [-0.4, -0.2) is 39.7 Å². The van der Waals surface area contributed by atoms with E-state index in [1.807, 2.05) is 45.9 Å². The molecular weight excluding hydrogens is 324 g/mol. The van der Waals surface area contributed by atoms with Crippen LogP contribution >= 0.6 is 11.8 Å². The van der Waals surface area contributed by atoms with Crippen LogP contribution in [0.2, 0.25) is 0 Å². The highest BCUT2D eigenvalue weighted by Gasteiger charge is 2.40. The van der Waals surface area contributed by atoms with Crippen molar-refractivity contribution >= 4 is 35.2 Å². The number of nitrogens with one attached hydrogen (secondary N) is 1. The first-order chi connectivity index (χ1) is 11.4. The van der Waals surface area contributed by atoms with Crippen LogP contribution in [0.5, 0.6) is 0 Å². The molecule has 1 heterocycles. The van der Waals surface area contributed by atoms with Gasteiger partial charge in [-0.3, -0.25) is 19.3 Å². The van der Waals surface area contributed by atoms with Gasteiger partial charge in [0.25, 0.3) is 0 Å². The Morgan fingerprint density at radius 3 is 2.25 bits per heavy atom. The van der Waals surface area contributed by atoms with Crippen molar-refractivity contribution in [3.63, 3.8) is 0 Å². The van der Waals surface area contributed by atoms with E-state index in [1.165, 1.54) is 11.8 Å². The molecule has 2 atom stereocenters. The van der Waals surface area contributed by atoms with Crippen LogP contribution < -0.4 is 5.32 Å². The maximum Gasteiger partial charge on any atom is 0.244 e. The van der Waals surface area contributed by atoms with E-state index < -0.39 is 0 Å². The number of hydrogen-bond donors (Lipinski definition) is 1. The zero-order valence-electron chi connectivity index (χ0n) is 14.6. The van der Waals surface area contributed by atoms with Gasteiger partial charge in [-0.1, -0.05) is 26.0 Å². The Bertz CT molecular complexity index is 638. The molecule has 1 aromatic carbocycles. The molecule has 1 N–H and O–H groups in total. The summed E-state index contributed by atoms with van der Waals surface area (Å²) in [5, 5.41) is 2.32. The van der Waals surface area contributed by atoms with E-state index in [4.69, 9.17) is 0 Å². The standard InChI is InChI=1S/C18H24N2O3S/c1-5-14-17(22)20(18(23)15(6-2)24-14)10-16(21)19-13-9-11(3)7-8-12(13)4/h7-9,14-15H,5-6,10H2,1-4H3,(H,19,21). The molecule has 1 fully saturated rings. The second-order valence-electron chi connectivity index (χ2n) is 6.06. The van der Waals surface area contributed by atoms with E-state index in [0.29, 0.717) is 18.5 Å². The summed E-state index contributed by atoms with van der Waals surface area (Å²) in [7, 11) is 0. The lowest BCUT2D eigenvalue weighted by atomic mass is 10.1. The predicted molar refractivity (Wildman–Crippen MR) is 97.0 cm³/mol. The van der Waals surface area contributed by atoms with Gasteiger partial charge < -0.3 is 5.32 Å². The molecule has 2 unspecified atom stereocenters. The highest BCUT2D eigenvalue weighted by molar-refractivity contribution is 8.02. The minimum Gasteiger partial charge on any atom is -0.324 e. The zero-order valence-corrected chi connectivity index (χ0v) is 15.4. The highest BCUT2D eigenvalue weighted by Crippen LogP contribution is 2.31. The largest absolute Gasteiger partial charge is 0.324 e. The Labute approximate surface area is 147 Å². The number of rotatable bonds is 5. The van der Waals surface area contributed by atoms with Crippen molar-refractivity contribution < 1.29 is 14.4 Å². The number of aryl methyl sites for hydroxylation is 2. The molecule has 0 spiro atoms. The van der Waals surface area contributed by atoms with Crippen molar-refractivity contribution in [1.29, 1.82) is 0 Å². The van der Waals surface area contributed by atoms with Crippen molar-refractivity contribution in [2.24, 2.45) is 0 Å². The summed E-state index contributed by atoms with van der Waals surface area (Å²) >= 11 is 1.41. The predicted octanol–water partition coefficient (Wildman–Crippen LogP) is 2.90. The SMILES string of the molecule is CCC1SC(CC)C(=O)N(CC(=O)Nc2cc(C)ccc2C)C1=O. The van der Waals surface area contributed by atoms with Crippen LogP contribution in [-0.2, 0) is 14.4 Å². The molecule has 1 saturated heterocycles. The number of benzene rings is 1. The topological polar surface area (TPSA) is 66.5 Å². The van der Waals surface area contributed by atoms with Gasteiger partial charge in [-0.05, 0) is 43.9 Å². The van der Waals surface area contributed by atoms with Gasteiger partial charge in [0, 0.05) is 5.69 Å². The van der Waals surface area contributed by atoms with E-state index in [2.05, 4.69) is 5.32 Å². The van der Waals surface area contributed by atoms with Gasteiger partial charge in [-0.2, -0.15) is 0 Å². The molecule has 130 valence electrons. The molecule has 2 rings (SSSR count). The van der Waals surface area contributed by atoms with Gasteiger partial charge in [0.2, 0.25) is 17.7 Å². The number of amides is 3.